The number of para-hydroxylation sites is 1. The van der Waals surface area contributed by atoms with Crippen LogP contribution < -0.4 is 5.56 Å². The normalized spacial score (nSPS) is 12.0. The lowest BCUT2D eigenvalue weighted by molar-refractivity contribution is 0.520. The van der Waals surface area contributed by atoms with Gasteiger partial charge in [-0.15, -0.1) is 11.3 Å². The maximum atomic E-state index is 13.5. The van der Waals surface area contributed by atoms with Crippen LogP contribution in [0.3, 0.4) is 0 Å². The van der Waals surface area contributed by atoms with Crippen LogP contribution in [0.4, 0.5) is 0 Å². The summed E-state index contributed by atoms with van der Waals surface area (Å²) < 4.78 is 28.1. The lowest BCUT2D eigenvalue weighted by Gasteiger charge is -2.17. The number of nitrogens with zero attached hydrogens (tertiary/aromatic N) is 4. The number of aryl methyl sites for hydroxylation is 2. The van der Waals surface area contributed by atoms with Gasteiger partial charge in [0.25, 0.3) is 5.56 Å². The van der Waals surface area contributed by atoms with E-state index in [9.17, 15) is 13.2 Å². The first-order chi connectivity index (χ1) is 15.2. The average Bonchev–Trinajstić information content (AvgIpc) is 3.18. The fourth-order valence-electron chi connectivity index (χ4n) is 3.24. The SMILES string of the molecule is Cc1nc(CSc2nc3ccccc3c(=O)n2-c2cc(S(=O)(=O)N(C)C)ccc2C)cs1. The number of thiazole rings is 1. The van der Waals surface area contributed by atoms with Crippen LogP contribution in [0.5, 0.6) is 0 Å². The summed E-state index contributed by atoms with van der Waals surface area (Å²) in [5, 5.41) is 3.92. The Kier molecular flexibility index (Phi) is 6.22. The number of fused-ring (bicyclic) bond motifs is 1. The molecule has 0 saturated heterocycles. The van der Waals surface area contributed by atoms with Crippen molar-refractivity contribution in [2.45, 2.75) is 29.7 Å². The van der Waals surface area contributed by atoms with E-state index in [1.165, 1.54) is 30.4 Å². The maximum Gasteiger partial charge on any atom is 0.266 e. The van der Waals surface area contributed by atoms with Crippen molar-refractivity contribution in [1.29, 1.82) is 0 Å². The summed E-state index contributed by atoms with van der Waals surface area (Å²) in [7, 11) is -0.699. The molecule has 0 bridgehead atoms. The van der Waals surface area contributed by atoms with Crippen molar-refractivity contribution in [2.75, 3.05) is 14.1 Å². The second-order valence-corrected chi connectivity index (χ2v) is 11.6. The molecule has 4 rings (SSSR count). The molecule has 4 aromatic rings. The molecule has 166 valence electrons. The summed E-state index contributed by atoms with van der Waals surface area (Å²) in [5.41, 5.74) is 2.53. The molecular weight excluding hydrogens is 464 g/mol. The monoisotopic (exact) mass is 486 g/mol. The predicted octanol–water partition coefficient (Wildman–Crippen LogP) is 4.00. The summed E-state index contributed by atoms with van der Waals surface area (Å²) in [6.07, 6.45) is 0. The summed E-state index contributed by atoms with van der Waals surface area (Å²) in [6, 6.07) is 12.0. The molecule has 0 amide bonds. The molecule has 32 heavy (non-hydrogen) atoms. The molecule has 2 aromatic carbocycles. The summed E-state index contributed by atoms with van der Waals surface area (Å²) in [5.74, 6) is 0.545. The van der Waals surface area contributed by atoms with Crippen molar-refractivity contribution in [1.82, 2.24) is 18.8 Å². The summed E-state index contributed by atoms with van der Waals surface area (Å²) in [6.45, 7) is 3.80. The summed E-state index contributed by atoms with van der Waals surface area (Å²) in [4.78, 5) is 22.9. The molecule has 0 unspecified atom stereocenters. The van der Waals surface area contributed by atoms with Crippen LogP contribution in [0.25, 0.3) is 16.6 Å². The Morgan fingerprint density at radius 2 is 1.84 bits per heavy atom. The van der Waals surface area contributed by atoms with Crippen molar-refractivity contribution < 1.29 is 8.42 Å². The highest BCUT2D eigenvalue weighted by Gasteiger charge is 2.21. The molecule has 2 aromatic heterocycles. The second kappa shape index (κ2) is 8.78. The smallest absolute Gasteiger partial charge is 0.266 e. The third-order valence-corrected chi connectivity index (χ3v) is 8.57. The van der Waals surface area contributed by atoms with Gasteiger partial charge in [-0.05, 0) is 43.7 Å². The topological polar surface area (TPSA) is 85.2 Å². The highest BCUT2D eigenvalue weighted by atomic mass is 32.2. The molecule has 0 saturated carbocycles. The zero-order chi connectivity index (χ0) is 23.0. The highest BCUT2D eigenvalue weighted by Crippen LogP contribution is 2.28. The molecule has 0 aliphatic rings. The number of hydrogen-bond donors (Lipinski definition) is 0. The van der Waals surface area contributed by atoms with Gasteiger partial charge in [0.1, 0.15) is 0 Å². The van der Waals surface area contributed by atoms with E-state index in [4.69, 9.17) is 4.98 Å². The lowest BCUT2D eigenvalue weighted by Crippen LogP contribution is -2.25. The first-order valence-corrected chi connectivity index (χ1v) is 13.1. The van der Waals surface area contributed by atoms with Crippen LogP contribution in [0.1, 0.15) is 16.3 Å². The van der Waals surface area contributed by atoms with E-state index in [0.29, 0.717) is 27.5 Å². The molecule has 7 nitrogen and oxygen atoms in total. The van der Waals surface area contributed by atoms with E-state index in [1.54, 1.807) is 47.7 Å². The zero-order valence-electron chi connectivity index (χ0n) is 18.1. The predicted molar refractivity (Wildman–Crippen MR) is 129 cm³/mol. The van der Waals surface area contributed by atoms with Gasteiger partial charge in [0, 0.05) is 25.2 Å². The van der Waals surface area contributed by atoms with Crippen LogP contribution in [-0.4, -0.2) is 41.4 Å². The second-order valence-electron chi connectivity index (χ2n) is 7.43. The largest absolute Gasteiger partial charge is 0.268 e. The van der Waals surface area contributed by atoms with E-state index >= 15 is 0 Å². The number of thioether (sulfide) groups is 1. The van der Waals surface area contributed by atoms with E-state index < -0.39 is 10.0 Å². The molecule has 0 aliphatic carbocycles. The van der Waals surface area contributed by atoms with Crippen molar-refractivity contribution in [2.24, 2.45) is 0 Å². The molecule has 10 heteroatoms. The molecule has 0 fully saturated rings. The summed E-state index contributed by atoms with van der Waals surface area (Å²) >= 11 is 2.97. The Morgan fingerprint density at radius 3 is 2.53 bits per heavy atom. The van der Waals surface area contributed by atoms with Gasteiger partial charge >= 0.3 is 0 Å². The molecule has 2 heterocycles. The van der Waals surface area contributed by atoms with E-state index in [-0.39, 0.29) is 10.5 Å². The molecule has 0 atom stereocenters. The third kappa shape index (κ3) is 4.23. The standard InChI is InChI=1S/C22H22N4O3S3/c1-14-9-10-17(32(28,29)25(3)4)11-20(14)26-21(27)18-7-5-6-8-19(18)24-22(26)31-13-16-12-30-15(2)23-16/h5-12H,13H2,1-4H3. The molecule has 0 N–H and O–H groups in total. The van der Waals surface area contributed by atoms with Gasteiger partial charge in [0.15, 0.2) is 5.16 Å². The van der Waals surface area contributed by atoms with Crippen molar-refractivity contribution in [3.63, 3.8) is 0 Å². The minimum absolute atomic E-state index is 0.120. The van der Waals surface area contributed by atoms with Gasteiger partial charge in [-0.25, -0.2) is 22.7 Å². The number of benzene rings is 2. The van der Waals surface area contributed by atoms with E-state index in [0.717, 1.165) is 20.6 Å². The Labute approximate surface area is 194 Å². The van der Waals surface area contributed by atoms with Gasteiger partial charge < -0.3 is 0 Å². The first kappa shape index (κ1) is 22.7. The number of hydrogen-bond acceptors (Lipinski definition) is 7. The number of rotatable bonds is 6. The highest BCUT2D eigenvalue weighted by molar-refractivity contribution is 7.98. The van der Waals surface area contributed by atoms with Gasteiger partial charge in [0.05, 0.1) is 32.2 Å². The van der Waals surface area contributed by atoms with Crippen LogP contribution in [-0.2, 0) is 15.8 Å². The average molecular weight is 487 g/mol. The minimum atomic E-state index is -3.66. The molecule has 0 radical (unpaired) electrons. The Bertz CT molecular complexity index is 1470. The molecular formula is C22H22N4O3S3. The number of aromatic nitrogens is 3. The van der Waals surface area contributed by atoms with Crippen molar-refractivity contribution in [3.8, 4) is 5.69 Å². The Morgan fingerprint density at radius 1 is 1.09 bits per heavy atom. The van der Waals surface area contributed by atoms with Gasteiger partial charge in [-0.3, -0.25) is 9.36 Å². The minimum Gasteiger partial charge on any atom is -0.268 e. The van der Waals surface area contributed by atoms with Crippen LogP contribution >= 0.6 is 23.1 Å². The third-order valence-electron chi connectivity index (χ3n) is 4.96. The quantitative estimate of drug-likeness (QED) is 0.303. The fourth-order valence-corrected chi connectivity index (χ4v) is 5.77. The lowest BCUT2D eigenvalue weighted by atomic mass is 10.2. The van der Waals surface area contributed by atoms with Crippen LogP contribution in [0.2, 0.25) is 0 Å². The van der Waals surface area contributed by atoms with E-state index in [2.05, 4.69) is 4.98 Å². The van der Waals surface area contributed by atoms with Gasteiger partial charge in [0.2, 0.25) is 10.0 Å². The Hall–Kier alpha value is -2.53. The van der Waals surface area contributed by atoms with Crippen molar-refractivity contribution in [3.05, 3.63) is 74.5 Å². The van der Waals surface area contributed by atoms with Crippen LogP contribution in [0, 0.1) is 13.8 Å². The fraction of sp³-hybridized carbons (Fsp3) is 0.227. The maximum absolute atomic E-state index is 13.5. The number of sulfonamides is 1. The molecule has 0 spiro atoms. The van der Waals surface area contributed by atoms with E-state index in [1.807, 2.05) is 25.3 Å². The Balaban J connectivity index is 1.93. The molecule has 0 aliphatic heterocycles. The van der Waals surface area contributed by atoms with Crippen LogP contribution in [0.15, 0.2) is 62.7 Å². The van der Waals surface area contributed by atoms with Gasteiger partial charge in [-0.2, -0.15) is 0 Å². The van der Waals surface area contributed by atoms with Crippen molar-refractivity contribution >= 4 is 44.0 Å². The zero-order valence-corrected chi connectivity index (χ0v) is 20.5. The first-order valence-electron chi connectivity index (χ1n) is 9.77. The van der Waals surface area contributed by atoms with Gasteiger partial charge in [-0.1, -0.05) is 30.0 Å².